The van der Waals surface area contributed by atoms with Gasteiger partial charge in [-0.2, -0.15) is 0 Å². The van der Waals surface area contributed by atoms with E-state index in [1.54, 1.807) is 6.26 Å². The summed E-state index contributed by atoms with van der Waals surface area (Å²) < 4.78 is 5.20. The molecular formula is C14H14O2. The lowest BCUT2D eigenvalue weighted by atomic mass is 9.74. The van der Waals surface area contributed by atoms with Gasteiger partial charge in [0.1, 0.15) is 11.9 Å². The SMILES string of the molecule is OC(CC1Cc2ccccc21)c1ccco1. The number of hydrogen-bond donors (Lipinski definition) is 1. The third kappa shape index (κ3) is 1.55. The van der Waals surface area contributed by atoms with Crippen LogP contribution in [-0.2, 0) is 6.42 Å². The summed E-state index contributed by atoms with van der Waals surface area (Å²) in [6.45, 7) is 0. The highest BCUT2D eigenvalue weighted by Crippen LogP contribution is 2.40. The van der Waals surface area contributed by atoms with E-state index >= 15 is 0 Å². The molecule has 2 atom stereocenters. The van der Waals surface area contributed by atoms with E-state index in [2.05, 4.69) is 24.3 Å². The second-order valence-corrected chi connectivity index (χ2v) is 4.37. The molecule has 1 aromatic heterocycles. The Balaban J connectivity index is 1.70. The van der Waals surface area contributed by atoms with Crippen molar-refractivity contribution in [3.05, 3.63) is 59.5 Å². The Hall–Kier alpha value is -1.54. The van der Waals surface area contributed by atoms with E-state index in [-0.39, 0.29) is 0 Å². The second kappa shape index (κ2) is 3.80. The molecule has 0 fully saturated rings. The molecule has 0 saturated heterocycles. The van der Waals surface area contributed by atoms with Gasteiger partial charge in [-0.05, 0) is 42.0 Å². The van der Waals surface area contributed by atoms with E-state index in [9.17, 15) is 5.11 Å². The average Bonchev–Trinajstić information content (AvgIpc) is 2.79. The third-order valence-electron chi connectivity index (χ3n) is 3.34. The van der Waals surface area contributed by atoms with Crippen molar-refractivity contribution >= 4 is 0 Å². The summed E-state index contributed by atoms with van der Waals surface area (Å²) >= 11 is 0. The Bertz CT molecular complexity index is 473. The van der Waals surface area contributed by atoms with Gasteiger partial charge in [0.2, 0.25) is 0 Å². The van der Waals surface area contributed by atoms with Crippen LogP contribution in [0.2, 0.25) is 0 Å². The molecule has 0 amide bonds. The molecule has 1 aliphatic carbocycles. The minimum atomic E-state index is -0.478. The van der Waals surface area contributed by atoms with Crippen LogP contribution in [0, 0.1) is 0 Å². The van der Waals surface area contributed by atoms with Crippen molar-refractivity contribution in [2.24, 2.45) is 0 Å². The quantitative estimate of drug-likeness (QED) is 0.851. The first-order valence-corrected chi connectivity index (χ1v) is 5.64. The van der Waals surface area contributed by atoms with Gasteiger partial charge in [0.25, 0.3) is 0 Å². The van der Waals surface area contributed by atoms with Crippen molar-refractivity contribution in [2.45, 2.75) is 24.9 Å². The first-order chi connectivity index (χ1) is 7.84. The van der Waals surface area contributed by atoms with Gasteiger partial charge < -0.3 is 9.52 Å². The predicted molar refractivity (Wildman–Crippen MR) is 61.2 cm³/mol. The predicted octanol–water partition coefficient (Wildman–Crippen LogP) is 3.04. The highest BCUT2D eigenvalue weighted by molar-refractivity contribution is 5.40. The Morgan fingerprint density at radius 1 is 1.25 bits per heavy atom. The number of rotatable bonds is 3. The van der Waals surface area contributed by atoms with E-state index < -0.39 is 6.10 Å². The molecule has 16 heavy (non-hydrogen) atoms. The molecule has 1 aromatic carbocycles. The molecule has 0 saturated carbocycles. The molecule has 2 aromatic rings. The summed E-state index contributed by atoms with van der Waals surface area (Å²) in [5.74, 6) is 1.15. The Morgan fingerprint density at radius 3 is 2.88 bits per heavy atom. The first-order valence-electron chi connectivity index (χ1n) is 5.64. The number of fused-ring (bicyclic) bond motifs is 1. The molecule has 3 rings (SSSR count). The van der Waals surface area contributed by atoms with E-state index in [4.69, 9.17) is 4.42 Å². The molecular weight excluding hydrogens is 200 g/mol. The fourth-order valence-corrected chi connectivity index (χ4v) is 2.44. The number of benzene rings is 1. The molecule has 0 aliphatic heterocycles. The highest BCUT2D eigenvalue weighted by atomic mass is 16.4. The Kier molecular flexibility index (Phi) is 2.29. The number of aliphatic hydroxyl groups excluding tert-OH is 1. The number of aliphatic hydroxyl groups is 1. The standard InChI is InChI=1S/C14H14O2/c15-13(14-6-3-7-16-14)9-11-8-10-4-1-2-5-12(10)11/h1-7,11,13,15H,8-9H2. The molecule has 1 heterocycles. The van der Waals surface area contributed by atoms with Gasteiger partial charge in [0.15, 0.2) is 0 Å². The van der Waals surface area contributed by atoms with Crippen LogP contribution < -0.4 is 0 Å². The normalized spacial score (nSPS) is 19.9. The topological polar surface area (TPSA) is 33.4 Å². The maximum absolute atomic E-state index is 9.98. The summed E-state index contributed by atoms with van der Waals surface area (Å²) in [6, 6.07) is 12.1. The third-order valence-corrected chi connectivity index (χ3v) is 3.34. The van der Waals surface area contributed by atoms with Gasteiger partial charge in [0, 0.05) is 0 Å². The minimum absolute atomic E-state index is 0.478. The maximum atomic E-state index is 9.98. The van der Waals surface area contributed by atoms with Gasteiger partial charge in [-0.1, -0.05) is 24.3 Å². The molecule has 1 N–H and O–H groups in total. The number of hydrogen-bond acceptors (Lipinski definition) is 2. The van der Waals surface area contributed by atoms with E-state index in [1.165, 1.54) is 11.1 Å². The molecule has 82 valence electrons. The van der Waals surface area contributed by atoms with Crippen LogP contribution in [0.5, 0.6) is 0 Å². The zero-order valence-electron chi connectivity index (χ0n) is 8.97. The average molecular weight is 214 g/mol. The number of furan rings is 1. The van der Waals surface area contributed by atoms with Gasteiger partial charge >= 0.3 is 0 Å². The largest absolute Gasteiger partial charge is 0.467 e. The summed E-state index contributed by atoms with van der Waals surface area (Å²) in [5.41, 5.74) is 2.80. The van der Waals surface area contributed by atoms with Crippen LogP contribution in [0.25, 0.3) is 0 Å². The zero-order valence-corrected chi connectivity index (χ0v) is 8.97. The monoisotopic (exact) mass is 214 g/mol. The van der Waals surface area contributed by atoms with Crippen LogP contribution in [0.15, 0.2) is 47.1 Å². The van der Waals surface area contributed by atoms with Crippen molar-refractivity contribution < 1.29 is 9.52 Å². The van der Waals surface area contributed by atoms with Crippen molar-refractivity contribution in [3.63, 3.8) is 0 Å². The van der Waals surface area contributed by atoms with Crippen LogP contribution in [-0.4, -0.2) is 5.11 Å². The summed E-state index contributed by atoms with van der Waals surface area (Å²) in [4.78, 5) is 0. The Labute approximate surface area is 94.5 Å². The van der Waals surface area contributed by atoms with Crippen molar-refractivity contribution in [1.82, 2.24) is 0 Å². The molecule has 2 nitrogen and oxygen atoms in total. The summed E-state index contributed by atoms with van der Waals surface area (Å²) in [5, 5.41) is 9.98. The van der Waals surface area contributed by atoms with Crippen LogP contribution in [0.1, 0.15) is 35.3 Å². The Morgan fingerprint density at radius 2 is 2.12 bits per heavy atom. The van der Waals surface area contributed by atoms with E-state index in [1.807, 2.05) is 12.1 Å². The second-order valence-electron chi connectivity index (χ2n) is 4.37. The van der Waals surface area contributed by atoms with Crippen molar-refractivity contribution in [3.8, 4) is 0 Å². The van der Waals surface area contributed by atoms with Gasteiger partial charge in [-0.3, -0.25) is 0 Å². The lowest BCUT2D eigenvalue weighted by Crippen LogP contribution is -2.19. The summed E-state index contributed by atoms with van der Waals surface area (Å²) in [7, 11) is 0. The smallest absolute Gasteiger partial charge is 0.132 e. The first kappa shape index (κ1) is 9.67. The van der Waals surface area contributed by atoms with Gasteiger partial charge in [-0.15, -0.1) is 0 Å². The van der Waals surface area contributed by atoms with Crippen LogP contribution in [0.4, 0.5) is 0 Å². The van der Waals surface area contributed by atoms with Crippen LogP contribution >= 0.6 is 0 Å². The summed E-state index contributed by atoms with van der Waals surface area (Å²) in [6.07, 6.45) is 2.96. The van der Waals surface area contributed by atoms with E-state index in [0.29, 0.717) is 11.7 Å². The van der Waals surface area contributed by atoms with E-state index in [0.717, 1.165) is 12.8 Å². The molecule has 2 heteroatoms. The molecule has 1 aliphatic rings. The zero-order chi connectivity index (χ0) is 11.0. The lowest BCUT2D eigenvalue weighted by Gasteiger charge is -2.31. The molecule has 2 unspecified atom stereocenters. The molecule has 0 spiro atoms. The highest BCUT2D eigenvalue weighted by Gasteiger charge is 2.28. The maximum Gasteiger partial charge on any atom is 0.132 e. The minimum Gasteiger partial charge on any atom is -0.467 e. The van der Waals surface area contributed by atoms with Crippen molar-refractivity contribution in [1.29, 1.82) is 0 Å². The molecule has 0 bridgehead atoms. The van der Waals surface area contributed by atoms with Crippen molar-refractivity contribution in [2.75, 3.05) is 0 Å². The molecule has 0 radical (unpaired) electrons. The van der Waals surface area contributed by atoms with Gasteiger partial charge in [-0.25, -0.2) is 0 Å². The van der Waals surface area contributed by atoms with Gasteiger partial charge in [0.05, 0.1) is 6.26 Å². The fraction of sp³-hybridized carbons (Fsp3) is 0.286. The van der Waals surface area contributed by atoms with Crippen LogP contribution in [0.3, 0.4) is 0 Å². The lowest BCUT2D eigenvalue weighted by molar-refractivity contribution is 0.128. The fourth-order valence-electron chi connectivity index (χ4n) is 2.44.